The highest BCUT2D eigenvalue weighted by molar-refractivity contribution is 5.73. The first-order chi connectivity index (χ1) is 6.63. The van der Waals surface area contributed by atoms with Crippen LogP contribution in [0.4, 0.5) is 0 Å². The van der Waals surface area contributed by atoms with Crippen molar-refractivity contribution in [3.8, 4) is 0 Å². The minimum atomic E-state index is -0.836. The van der Waals surface area contributed by atoms with Crippen molar-refractivity contribution in [1.29, 1.82) is 0 Å². The Hall–Kier alpha value is -1.09. The Morgan fingerprint density at radius 3 is 2.71 bits per heavy atom. The lowest BCUT2D eigenvalue weighted by Gasteiger charge is -2.13. The zero-order valence-corrected chi connectivity index (χ0v) is 8.77. The van der Waals surface area contributed by atoms with Gasteiger partial charge in [-0.25, -0.2) is 0 Å². The molecule has 0 spiro atoms. The van der Waals surface area contributed by atoms with E-state index in [1.54, 1.807) is 13.0 Å². The van der Waals surface area contributed by atoms with Crippen LogP contribution < -0.4 is 0 Å². The fraction of sp³-hybridized carbons (Fsp3) is 0.545. The van der Waals surface area contributed by atoms with E-state index in [9.17, 15) is 9.90 Å². The molecule has 0 fully saturated rings. The number of ether oxygens (including phenoxy) is 1. The molecule has 0 rings (SSSR count). The summed E-state index contributed by atoms with van der Waals surface area (Å²) in [5.74, 6) is -0.958. The minimum Gasteiger partial charge on any atom is -0.461 e. The SMILES string of the molecule is C=C[C@H](O)[C@@H](C)C(=O)OC/C=C/CC. The van der Waals surface area contributed by atoms with Gasteiger partial charge in [0.25, 0.3) is 0 Å². The summed E-state index contributed by atoms with van der Waals surface area (Å²) in [5, 5.41) is 9.26. The summed E-state index contributed by atoms with van der Waals surface area (Å²) in [7, 11) is 0. The summed E-state index contributed by atoms with van der Waals surface area (Å²) < 4.78 is 4.90. The zero-order valence-electron chi connectivity index (χ0n) is 8.77. The number of carbonyl (C=O) groups is 1. The minimum absolute atomic E-state index is 0.265. The fourth-order valence-corrected chi connectivity index (χ4v) is 0.840. The molecular formula is C11H18O3. The third kappa shape index (κ3) is 4.82. The van der Waals surface area contributed by atoms with Crippen LogP contribution in [0.15, 0.2) is 24.8 Å². The van der Waals surface area contributed by atoms with Crippen molar-refractivity contribution in [2.45, 2.75) is 26.4 Å². The van der Waals surface area contributed by atoms with Crippen LogP contribution in [0.3, 0.4) is 0 Å². The third-order valence-electron chi connectivity index (χ3n) is 1.85. The number of carbonyl (C=O) groups excluding carboxylic acids is 1. The maximum atomic E-state index is 11.2. The lowest BCUT2D eigenvalue weighted by molar-refractivity contribution is -0.149. The van der Waals surface area contributed by atoms with Gasteiger partial charge in [-0.3, -0.25) is 4.79 Å². The predicted octanol–water partition coefficient (Wildman–Crippen LogP) is 1.68. The zero-order chi connectivity index (χ0) is 11.0. The number of hydrogen-bond donors (Lipinski definition) is 1. The van der Waals surface area contributed by atoms with Crippen molar-refractivity contribution in [1.82, 2.24) is 0 Å². The molecule has 0 heterocycles. The Kier molecular flexibility index (Phi) is 6.76. The molecule has 0 aromatic heterocycles. The van der Waals surface area contributed by atoms with Crippen LogP contribution >= 0.6 is 0 Å². The number of aliphatic hydroxyl groups is 1. The molecule has 0 saturated heterocycles. The number of allylic oxidation sites excluding steroid dienone is 1. The molecule has 80 valence electrons. The van der Waals surface area contributed by atoms with Crippen molar-refractivity contribution >= 4 is 5.97 Å². The van der Waals surface area contributed by atoms with Gasteiger partial charge in [-0.05, 0) is 13.3 Å². The van der Waals surface area contributed by atoms with E-state index >= 15 is 0 Å². The lowest BCUT2D eigenvalue weighted by atomic mass is 10.1. The highest BCUT2D eigenvalue weighted by Crippen LogP contribution is 2.06. The van der Waals surface area contributed by atoms with Gasteiger partial charge in [0, 0.05) is 0 Å². The molecule has 2 atom stereocenters. The van der Waals surface area contributed by atoms with Crippen LogP contribution in [0.5, 0.6) is 0 Å². The van der Waals surface area contributed by atoms with Gasteiger partial charge in [-0.15, -0.1) is 6.58 Å². The molecule has 0 aliphatic carbocycles. The topological polar surface area (TPSA) is 46.5 Å². The molecule has 0 radical (unpaired) electrons. The Morgan fingerprint density at radius 1 is 1.57 bits per heavy atom. The first-order valence-corrected chi connectivity index (χ1v) is 4.75. The van der Waals surface area contributed by atoms with E-state index in [0.29, 0.717) is 0 Å². The van der Waals surface area contributed by atoms with Crippen molar-refractivity contribution in [2.75, 3.05) is 6.61 Å². The Bertz CT molecular complexity index is 209. The molecule has 0 aliphatic rings. The van der Waals surface area contributed by atoms with Gasteiger partial charge in [0.1, 0.15) is 6.61 Å². The van der Waals surface area contributed by atoms with Crippen LogP contribution in [0.1, 0.15) is 20.3 Å². The molecule has 0 unspecified atom stereocenters. The average Bonchev–Trinajstić information content (AvgIpc) is 2.21. The first-order valence-electron chi connectivity index (χ1n) is 4.75. The fourth-order valence-electron chi connectivity index (χ4n) is 0.840. The maximum Gasteiger partial charge on any atom is 0.311 e. The van der Waals surface area contributed by atoms with Gasteiger partial charge in [0.2, 0.25) is 0 Å². The van der Waals surface area contributed by atoms with E-state index in [0.717, 1.165) is 6.42 Å². The summed E-state index contributed by atoms with van der Waals surface area (Å²) in [6.45, 7) is 7.28. The summed E-state index contributed by atoms with van der Waals surface area (Å²) in [4.78, 5) is 11.2. The normalized spacial score (nSPS) is 15.1. The van der Waals surface area contributed by atoms with Gasteiger partial charge in [0.15, 0.2) is 0 Å². The van der Waals surface area contributed by atoms with Gasteiger partial charge < -0.3 is 9.84 Å². The van der Waals surface area contributed by atoms with Crippen molar-refractivity contribution in [3.05, 3.63) is 24.8 Å². The van der Waals surface area contributed by atoms with E-state index in [1.807, 2.05) is 13.0 Å². The molecular weight excluding hydrogens is 180 g/mol. The summed E-state index contributed by atoms with van der Waals surface area (Å²) in [6.07, 6.45) is 5.11. The second-order valence-corrected chi connectivity index (χ2v) is 3.02. The summed E-state index contributed by atoms with van der Waals surface area (Å²) in [5.41, 5.74) is 0. The second kappa shape index (κ2) is 7.33. The summed E-state index contributed by atoms with van der Waals surface area (Å²) in [6, 6.07) is 0. The number of hydrogen-bond acceptors (Lipinski definition) is 3. The highest BCUT2D eigenvalue weighted by Gasteiger charge is 2.20. The molecule has 0 aliphatic heterocycles. The van der Waals surface area contributed by atoms with Crippen LogP contribution in [0, 0.1) is 5.92 Å². The molecule has 0 amide bonds. The van der Waals surface area contributed by atoms with E-state index < -0.39 is 18.0 Å². The predicted molar refractivity (Wildman–Crippen MR) is 55.8 cm³/mol. The monoisotopic (exact) mass is 198 g/mol. The molecule has 0 saturated carbocycles. The molecule has 3 heteroatoms. The number of esters is 1. The summed E-state index contributed by atoms with van der Waals surface area (Å²) >= 11 is 0. The van der Waals surface area contributed by atoms with Crippen molar-refractivity contribution in [2.24, 2.45) is 5.92 Å². The van der Waals surface area contributed by atoms with Gasteiger partial charge in [0.05, 0.1) is 12.0 Å². The van der Waals surface area contributed by atoms with E-state index in [4.69, 9.17) is 4.74 Å². The van der Waals surface area contributed by atoms with Crippen LogP contribution in [-0.2, 0) is 9.53 Å². The first kappa shape index (κ1) is 12.9. The van der Waals surface area contributed by atoms with E-state index in [-0.39, 0.29) is 6.61 Å². The maximum absolute atomic E-state index is 11.2. The Balaban J connectivity index is 3.84. The van der Waals surface area contributed by atoms with E-state index in [2.05, 4.69) is 6.58 Å². The molecule has 0 bridgehead atoms. The van der Waals surface area contributed by atoms with Crippen molar-refractivity contribution in [3.63, 3.8) is 0 Å². The van der Waals surface area contributed by atoms with E-state index in [1.165, 1.54) is 6.08 Å². The quantitative estimate of drug-likeness (QED) is 0.521. The average molecular weight is 198 g/mol. The molecule has 3 nitrogen and oxygen atoms in total. The van der Waals surface area contributed by atoms with Crippen molar-refractivity contribution < 1.29 is 14.6 Å². The number of aliphatic hydroxyl groups excluding tert-OH is 1. The van der Waals surface area contributed by atoms with Gasteiger partial charge in [-0.1, -0.05) is 25.2 Å². The highest BCUT2D eigenvalue weighted by atomic mass is 16.5. The smallest absolute Gasteiger partial charge is 0.311 e. The van der Waals surface area contributed by atoms with Crippen LogP contribution in [0.25, 0.3) is 0 Å². The molecule has 14 heavy (non-hydrogen) atoms. The lowest BCUT2D eigenvalue weighted by Crippen LogP contribution is -2.25. The standard InChI is InChI=1S/C11H18O3/c1-4-6-7-8-14-11(13)9(3)10(12)5-2/h5-7,9-10,12H,2,4,8H2,1,3H3/b7-6+/t9-,10+/m1/s1. The molecule has 1 N–H and O–H groups in total. The Morgan fingerprint density at radius 2 is 2.21 bits per heavy atom. The van der Waals surface area contributed by atoms with Gasteiger partial charge in [-0.2, -0.15) is 0 Å². The second-order valence-electron chi connectivity index (χ2n) is 3.02. The number of rotatable bonds is 6. The molecule has 0 aromatic rings. The third-order valence-corrected chi connectivity index (χ3v) is 1.85. The largest absolute Gasteiger partial charge is 0.461 e. The van der Waals surface area contributed by atoms with Crippen LogP contribution in [-0.4, -0.2) is 23.8 Å². The Labute approximate surface area is 85.1 Å². The molecule has 0 aromatic carbocycles. The van der Waals surface area contributed by atoms with Gasteiger partial charge >= 0.3 is 5.97 Å². The van der Waals surface area contributed by atoms with Crippen LogP contribution in [0.2, 0.25) is 0 Å².